The van der Waals surface area contributed by atoms with Gasteiger partial charge in [-0.1, -0.05) is 20.8 Å². The zero-order valence-electron chi connectivity index (χ0n) is 16.0. The zero-order chi connectivity index (χ0) is 19.4. The van der Waals surface area contributed by atoms with Crippen LogP contribution in [0.2, 0.25) is 0 Å². The Hall–Kier alpha value is -1.80. The molecular formula is C18H29N3O4S. The summed E-state index contributed by atoms with van der Waals surface area (Å²) < 4.78 is 31.6. The first-order valence-corrected chi connectivity index (χ1v) is 10.4. The number of rotatable bonds is 6. The molecule has 1 aliphatic rings. The van der Waals surface area contributed by atoms with Gasteiger partial charge in [-0.15, -0.1) is 0 Å². The second-order valence-electron chi connectivity index (χ2n) is 7.41. The Balaban J connectivity index is 1.84. The van der Waals surface area contributed by atoms with E-state index in [1.807, 2.05) is 24.3 Å². The van der Waals surface area contributed by atoms with Crippen LogP contribution in [0.1, 0.15) is 20.8 Å². The van der Waals surface area contributed by atoms with Gasteiger partial charge in [-0.3, -0.25) is 4.79 Å². The number of nitrogens with zero attached hydrogens (tertiary/aromatic N) is 2. The van der Waals surface area contributed by atoms with Gasteiger partial charge in [0.05, 0.1) is 12.9 Å². The van der Waals surface area contributed by atoms with E-state index in [2.05, 4.69) is 10.2 Å². The van der Waals surface area contributed by atoms with Gasteiger partial charge in [0.15, 0.2) is 0 Å². The van der Waals surface area contributed by atoms with Crippen LogP contribution in [-0.4, -0.2) is 64.2 Å². The van der Waals surface area contributed by atoms with Crippen LogP contribution >= 0.6 is 0 Å². The molecule has 0 saturated carbocycles. The number of ether oxygens (including phenoxy) is 1. The zero-order valence-corrected chi connectivity index (χ0v) is 16.8. The third-order valence-electron chi connectivity index (χ3n) is 4.40. The van der Waals surface area contributed by atoms with E-state index in [0.29, 0.717) is 26.2 Å². The lowest BCUT2D eigenvalue weighted by molar-refractivity contribution is -0.128. The maximum atomic E-state index is 12.5. The van der Waals surface area contributed by atoms with Gasteiger partial charge in [0.1, 0.15) is 5.75 Å². The van der Waals surface area contributed by atoms with E-state index >= 15 is 0 Å². The van der Waals surface area contributed by atoms with Crippen LogP contribution in [-0.2, 0) is 14.8 Å². The highest BCUT2D eigenvalue weighted by atomic mass is 32.2. The number of anilines is 1. The summed E-state index contributed by atoms with van der Waals surface area (Å²) in [6.45, 7) is 7.71. The highest BCUT2D eigenvalue weighted by Crippen LogP contribution is 2.21. The minimum absolute atomic E-state index is 0.0721. The van der Waals surface area contributed by atoms with Crippen molar-refractivity contribution in [1.29, 1.82) is 0 Å². The van der Waals surface area contributed by atoms with Crippen molar-refractivity contribution in [3.05, 3.63) is 24.3 Å². The van der Waals surface area contributed by atoms with Gasteiger partial charge in [-0.2, -0.15) is 4.31 Å². The highest BCUT2D eigenvalue weighted by molar-refractivity contribution is 7.89. The molecule has 26 heavy (non-hydrogen) atoms. The lowest BCUT2D eigenvalue weighted by Gasteiger charge is -2.35. The van der Waals surface area contributed by atoms with Gasteiger partial charge < -0.3 is 15.0 Å². The molecular weight excluding hydrogens is 354 g/mol. The van der Waals surface area contributed by atoms with Gasteiger partial charge in [0.25, 0.3) is 0 Å². The largest absolute Gasteiger partial charge is 0.497 e. The second kappa shape index (κ2) is 8.26. The van der Waals surface area contributed by atoms with E-state index < -0.39 is 15.4 Å². The topological polar surface area (TPSA) is 79.0 Å². The molecule has 8 heteroatoms. The molecule has 0 aromatic heterocycles. The van der Waals surface area contributed by atoms with Crippen molar-refractivity contribution in [2.24, 2.45) is 5.41 Å². The van der Waals surface area contributed by atoms with E-state index in [0.717, 1.165) is 11.4 Å². The minimum Gasteiger partial charge on any atom is -0.497 e. The number of methoxy groups -OCH3 is 1. The van der Waals surface area contributed by atoms with Crippen LogP contribution in [0, 0.1) is 5.41 Å². The number of hydrogen-bond donors (Lipinski definition) is 1. The van der Waals surface area contributed by atoms with Gasteiger partial charge in [-0.25, -0.2) is 8.42 Å². The Labute approximate surface area is 156 Å². The molecule has 1 aromatic carbocycles. The van der Waals surface area contributed by atoms with Crippen LogP contribution in [0.4, 0.5) is 5.69 Å². The smallest absolute Gasteiger partial charge is 0.225 e. The summed E-state index contributed by atoms with van der Waals surface area (Å²) >= 11 is 0. The number of sulfonamides is 1. The summed E-state index contributed by atoms with van der Waals surface area (Å²) in [7, 11) is -1.74. The first kappa shape index (κ1) is 20.5. The Morgan fingerprint density at radius 1 is 1.12 bits per heavy atom. The molecule has 0 bridgehead atoms. The number of hydrogen-bond acceptors (Lipinski definition) is 5. The second-order valence-corrected chi connectivity index (χ2v) is 9.49. The third kappa shape index (κ3) is 5.35. The van der Waals surface area contributed by atoms with Crippen LogP contribution in [0.15, 0.2) is 24.3 Å². The SMILES string of the molecule is COc1ccc(N2CCN(S(=O)(=O)CCNC(=O)C(C)(C)C)CC2)cc1. The van der Waals surface area contributed by atoms with Crippen molar-refractivity contribution in [3.8, 4) is 5.75 Å². The molecule has 0 spiro atoms. The molecule has 0 atom stereocenters. The van der Waals surface area contributed by atoms with Crippen molar-refractivity contribution in [1.82, 2.24) is 9.62 Å². The quantitative estimate of drug-likeness (QED) is 0.801. The molecule has 0 aliphatic carbocycles. The molecule has 1 fully saturated rings. The van der Waals surface area contributed by atoms with Gasteiger partial charge in [-0.05, 0) is 24.3 Å². The fraction of sp³-hybridized carbons (Fsp3) is 0.611. The number of piperazine rings is 1. The monoisotopic (exact) mass is 383 g/mol. The van der Waals surface area contributed by atoms with Crippen LogP contribution in [0.25, 0.3) is 0 Å². The van der Waals surface area contributed by atoms with Gasteiger partial charge in [0.2, 0.25) is 15.9 Å². The Bertz CT molecular complexity index is 703. The first-order chi connectivity index (χ1) is 12.1. The Morgan fingerprint density at radius 2 is 1.69 bits per heavy atom. The van der Waals surface area contributed by atoms with Gasteiger partial charge in [0, 0.05) is 43.8 Å². The summed E-state index contributed by atoms with van der Waals surface area (Å²) in [5.74, 6) is 0.585. The maximum absolute atomic E-state index is 12.5. The molecule has 1 heterocycles. The molecule has 1 amide bonds. The number of carbonyl (C=O) groups is 1. The lowest BCUT2D eigenvalue weighted by atomic mass is 9.96. The predicted molar refractivity (Wildman–Crippen MR) is 103 cm³/mol. The summed E-state index contributed by atoms with van der Waals surface area (Å²) in [5.41, 5.74) is 0.536. The average molecular weight is 384 g/mol. The number of benzene rings is 1. The van der Waals surface area contributed by atoms with Crippen molar-refractivity contribution >= 4 is 21.6 Å². The summed E-state index contributed by atoms with van der Waals surface area (Å²) in [4.78, 5) is 14.0. The summed E-state index contributed by atoms with van der Waals surface area (Å²) in [6, 6.07) is 7.75. The molecule has 1 N–H and O–H groups in total. The highest BCUT2D eigenvalue weighted by Gasteiger charge is 2.27. The van der Waals surface area contributed by atoms with Crippen molar-refractivity contribution in [2.45, 2.75) is 20.8 Å². The third-order valence-corrected chi connectivity index (χ3v) is 6.27. The van der Waals surface area contributed by atoms with Crippen molar-refractivity contribution in [2.75, 3.05) is 50.5 Å². The fourth-order valence-corrected chi connectivity index (χ4v) is 4.04. The molecule has 0 radical (unpaired) electrons. The maximum Gasteiger partial charge on any atom is 0.225 e. The molecule has 0 unspecified atom stereocenters. The standard InChI is InChI=1S/C18H29N3O4S/c1-18(2,3)17(22)19-9-14-26(23,24)21-12-10-20(11-13-21)15-5-7-16(25-4)8-6-15/h5-8H,9-14H2,1-4H3,(H,19,22). The van der Waals surface area contributed by atoms with E-state index in [1.54, 1.807) is 27.9 Å². The lowest BCUT2D eigenvalue weighted by Crippen LogP contribution is -2.50. The van der Waals surface area contributed by atoms with Crippen molar-refractivity contribution in [3.63, 3.8) is 0 Å². The van der Waals surface area contributed by atoms with E-state index in [4.69, 9.17) is 4.74 Å². The molecule has 2 rings (SSSR count). The fourth-order valence-electron chi connectivity index (χ4n) is 2.71. The Kier molecular flexibility index (Phi) is 6.52. The molecule has 1 aromatic rings. The molecule has 1 saturated heterocycles. The number of nitrogens with one attached hydrogen (secondary N) is 1. The summed E-state index contributed by atoms with van der Waals surface area (Å²) in [6.07, 6.45) is 0. The number of amides is 1. The van der Waals surface area contributed by atoms with E-state index in [9.17, 15) is 13.2 Å². The van der Waals surface area contributed by atoms with Crippen LogP contribution < -0.4 is 15.0 Å². The molecule has 1 aliphatic heterocycles. The Morgan fingerprint density at radius 3 is 2.19 bits per heavy atom. The van der Waals surface area contributed by atoms with E-state index in [-0.39, 0.29) is 18.2 Å². The van der Waals surface area contributed by atoms with Crippen molar-refractivity contribution < 1.29 is 17.9 Å². The predicted octanol–water partition coefficient (Wildman–Crippen LogP) is 1.31. The molecule has 7 nitrogen and oxygen atoms in total. The normalized spacial score (nSPS) is 16.4. The average Bonchev–Trinajstić information content (AvgIpc) is 2.61. The molecule has 146 valence electrons. The minimum atomic E-state index is -3.37. The van der Waals surface area contributed by atoms with E-state index in [1.165, 1.54) is 4.31 Å². The number of carbonyl (C=O) groups excluding carboxylic acids is 1. The van der Waals surface area contributed by atoms with Crippen LogP contribution in [0.3, 0.4) is 0 Å². The summed E-state index contributed by atoms with van der Waals surface area (Å²) in [5, 5.41) is 2.70. The van der Waals surface area contributed by atoms with Gasteiger partial charge >= 0.3 is 0 Å². The van der Waals surface area contributed by atoms with Crippen LogP contribution in [0.5, 0.6) is 5.75 Å². The first-order valence-electron chi connectivity index (χ1n) is 8.78.